The molecular weight excluding hydrogens is 145 g/mol. The summed E-state index contributed by atoms with van der Waals surface area (Å²) in [5.41, 5.74) is 0. The highest BCUT2D eigenvalue weighted by Crippen LogP contribution is 2.20. The van der Waals surface area contributed by atoms with E-state index in [1.165, 1.54) is 0 Å². The van der Waals surface area contributed by atoms with Crippen molar-refractivity contribution in [2.24, 2.45) is 0 Å². The molecule has 4 heteroatoms. The third-order valence-corrected chi connectivity index (χ3v) is 2.30. The molecule has 0 spiro atoms. The van der Waals surface area contributed by atoms with Crippen molar-refractivity contribution in [2.75, 3.05) is 13.1 Å². The average Bonchev–Trinajstić information content (AvgIpc) is 2.34. The lowest BCUT2D eigenvalue weighted by Gasteiger charge is -2.12. The largest absolute Gasteiger partial charge is 0.343 e. The third kappa shape index (κ3) is 1.69. The fourth-order valence-corrected chi connectivity index (χ4v) is 1.44. The van der Waals surface area contributed by atoms with E-state index in [0.29, 0.717) is 5.82 Å². The van der Waals surface area contributed by atoms with Crippen molar-refractivity contribution in [3.63, 3.8) is 0 Å². The fraction of sp³-hybridized carbons (Fsp3) is 0.833. The van der Waals surface area contributed by atoms with Crippen molar-refractivity contribution < 1.29 is 4.79 Å². The van der Waals surface area contributed by atoms with Crippen molar-refractivity contribution in [1.29, 1.82) is 0 Å². The molecule has 55 valence electrons. The minimum atomic E-state index is 0.178. The number of carbonyl (C=O) groups excluding carboxylic acids is 1. The lowest BCUT2D eigenvalue weighted by Crippen LogP contribution is -2.25. The summed E-state index contributed by atoms with van der Waals surface area (Å²) < 4.78 is 0. The summed E-state index contributed by atoms with van der Waals surface area (Å²) in [7, 11) is 0. The number of rotatable bonds is 1. The lowest BCUT2D eigenvalue weighted by molar-refractivity contribution is -0.127. The Kier molecular flexibility index (Phi) is 2.66. The van der Waals surface area contributed by atoms with Gasteiger partial charge in [-0.15, -0.1) is 0 Å². The molecule has 1 aliphatic heterocycles. The van der Waals surface area contributed by atoms with Crippen molar-refractivity contribution in [1.82, 2.24) is 4.90 Å². The Morgan fingerprint density at radius 2 is 2.50 bits per heavy atom. The van der Waals surface area contributed by atoms with Gasteiger partial charge in [0.1, 0.15) is 0 Å². The van der Waals surface area contributed by atoms with Crippen LogP contribution in [0.4, 0.5) is 0 Å². The maximum Gasteiger partial charge on any atom is 0.219 e. The normalized spacial score (nSPS) is 25.0. The summed E-state index contributed by atoms with van der Waals surface area (Å²) in [6.45, 7) is 5.25. The van der Waals surface area contributed by atoms with E-state index >= 15 is 0 Å². The van der Waals surface area contributed by atoms with Crippen LogP contribution in [0.1, 0.15) is 13.3 Å². The van der Waals surface area contributed by atoms with Crippen LogP contribution in [0, 0.1) is 0 Å². The highest BCUT2D eigenvalue weighted by molar-refractivity contribution is 8.07. The summed E-state index contributed by atoms with van der Waals surface area (Å²) in [5.74, 6) is 0.685. The maximum absolute atomic E-state index is 10.8. The van der Waals surface area contributed by atoms with Crippen molar-refractivity contribution in [3.05, 3.63) is 0 Å². The molecule has 0 aliphatic carbocycles. The summed E-state index contributed by atoms with van der Waals surface area (Å²) >= 11 is 4.06. The first-order chi connectivity index (χ1) is 4.74. The van der Waals surface area contributed by atoms with E-state index in [-0.39, 0.29) is 5.91 Å². The van der Waals surface area contributed by atoms with Crippen molar-refractivity contribution >= 4 is 24.9 Å². The number of nitrogens with zero attached hydrogens (tertiary/aromatic N) is 1. The quantitative estimate of drug-likeness (QED) is 0.434. The Morgan fingerprint density at radius 1 is 1.80 bits per heavy atom. The second-order valence-electron chi connectivity index (χ2n) is 2.66. The van der Waals surface area contributed by atoms with Crippen LogP contribution in [-0.2, 0) is 4.79 Å². The Bertz CT molecular complexity index is 142. The zero-order valence-electron chi connectivity index (χ0n) is 6.08. The number of amides is 1. The molecule has 2 nitrogen and oxygen atoms in total. The lowest BCUT2D eigenvalue weighted by atomic mass is 9.85. The number of thiol groups is 1. The van der Waals surface area contributed by atoms with Gasteiger partial charge in [-0.1, -0.05) is 0 Å². The Hall–Kier alpha value is -0.115. The van der Waals surface area contributed by atoms with Crippen molar-refractivity contribution in [3.8, 4) is 0 Å². The highest BCUT2D eigenvalue weighted by Gasteiger charge is 2.22. The first kappa shape index (κ1) is 7.99. The molecule has 0 aromatic rings. The Morgan fingerprint density at radius 3 is 2.80 bits per heavy atom. The number of hydrogen-bond donors (Lipinski definition) is 1. The van der Waals surface area contributed by atoms with Gasteiger partial charge in [-0.05, 0) is 12.2 Å². The monoisotopic (exact) mass is 156 g/mol. The summed E-state index contributed by atoms with van der Waals surface area (Å²) in [4.78, 5) is 12.7. The van der Waals surface area contributed by atoms with E-state index in [9.17, 15) is 4.79 Å². The van der Waals surface area contributed by atoms with Crippen LogP contribution in [0.15, 0.2) is 0 Å². The fourth-order valence-electron chi connectivity index (χ4n) is 1.19. The molecule has 1 radical (unpaired) electrons. The van der Waals surface area contributed by atoms with E-state index in [1.807, 2.05) is 11.5 Å². The van der Waals surface area contributed by atoms with Crippen molar-refractivity contribution in [2.45, 2.75) is 19.2 Å². The van der Waals surface area contributed by atoms with Gasteiger partial charge >= 0.3 is 0 Å². The molecule has 0 saturated carbocycles. The van der Waals surface area contributed by atoms with Gasteiger partial charge in [-0.25, -0.2) is 12.5 Å². The zero-order chi connectivity index (χ0) is 7.56. The molecular formula is C6H11BNOS. The average molecular weight is 156 g/mol. The smallest absolute Gasteiger partial charge is 0.219 e. The third-order valence-electron chi connectivity index (χ3n) is 1.88. The van der Waals surface area contributed by atoms with Gasteiger partial charge in [0.05, 0.1) is 0 Å². The molecule has 1 saturated heterocycles. The van der Waals surface area contributed by atoms with Gasteiger partial charge in [0.2, 0.25) is 5.91 Å². The first-order valence-corrected chi connectivity index (χ1v) is 3.98. The number of hydrogen-bond acceptors (Lipinski definition) is 2. The molecule has 10 heavy (non-hydrogen) atoms. The first-order valence-electron chi connectivity index (χ1n) is 3.47. The topological polar surface area (TPSA) is 20.3 Å². The predicted molar refractivity (Wildman–Crippen MR) is 45.4 cm³/mol. The Balaban J connectivity index is 2.35. The summed E-state index contributed by atoms with van der Waals surface area (Å²) in [6, 6.07) is 0. The molecule has 1 heterocycles. The second kappa shape index (κ2) is 3.33. The Labute approximate surface area is 67.5 Å². The van der Waals surface area contributed by atoms with Crippen LogP contribution in [-0.4, -0.2) is 30.5 Å². The zero-order valence-corrected chi connectivity index (χ0v) is 6.97. The van der Waals surface area contributed by atoms with Gasteiger partial charge in [0.15, 0.2) is 6.56 Å². The van der Waals surface area contributed by atoms with E-state index in [0.717, 1.165) is 19.5 Å². The SMILES string of the molecule is CC(=O)N1CCC([B]S)C1. The summed E-state index contributed by atoms with van der Waals surface area (Å²) in [6.07, 6.45) is 1.07. The molecule has 0 aromatic heterocycles. The van der Waals surface area contributed by atoms with E-state index in [2.05, 4.69) is 12.5 Å². The minimum Gasteiger partial charge on any atom is -0.343 e. The van der Waals surface area contributed by atoms with Crippen LogP contribution < -0.4 is 0 Å². The molecule has 1 unspecified atom stereocenters. The van der Waals surface area contributed by atoms with E-state index < -0.39 is 0 Å². The molecule has 1 rings (SSSR count). The molecule has 1 amide bonds. The van der Waals surface area contributed by atoms with Crippen LogP contribution in [0.5, 0.6) is 0 Å². The molecule has 0 bridgehead atoms. The molecule has 0 aromatic carbocycles. The predicted octanol–water partition coefficient (Wildman–Crippen LogP) is 0.576. The van der Waals surface area contributed by atoms with Gasteiger partial charge in [0.25, 0.3) is 0 Å². The second-order valence-corrected chi connectivity index (χ2v) is 2.96. The van der Waals surface area contributed by atoms with Crippen LogP contribution in [0.2, 0.25) is 5.82 Å². The standard InChI is InChI=1S/C6H11BNOS/c1-5(9)8-3-2-6(4-8)7-10/h6,10H,2-4H2,1H3. The van der Waals surface area contributed by atoms with Gasteiger partial charge in [0, 0.05) is 20.0 Å². The molecule has 0 N–H and O–H groups in total. The molecule has 1 fully saturated rings. The molecule has 1 aliphatic rings. The number of carbonyl (C=O) groups is 1. The van der Waals surface area contributed by atoms with Gasteiger partial charge in [-0.3, -0.25) is 4.79 Å². The highest BCUT2D eigenvalue weighted by atomic mass is 32.1. The van der Waals surface area contributed by atoms with Crippen LogP contribution in [0.3, 0.4) is 0 Å². The van der Waals surface area contributed by atoms with Crippen LogP contribution in [0.25, 0.3) is 0 Å². The summed E-state index contributed by atoms with van der Waals surface area (Å²) in [5, 5.41) is 0. The van der Waals surface area contributed by atoms with E-state index in [1.54, 1.807) is 6.92 Å². The van der Waals surface area contributed by atoms with Gasteiger partial charge < -0.3 is 4.90 Å². The number of likely N-dealkylation sites (tertiary alicyclic amines) is 1. The van der Waals surface area contributed by atoms with E-state index in [4.69, 9.17) is 0 Å². The molecule has 1 atom stereocenters. The van der Waals surface area contributed by atoms with Crippen LogP contribution >= 0.6 is 12.5 Å². The maximum atomic E-state index is 10.8. The minimum absolute atomic E-state index is 0.178. The van der Waals surface area contributed by atoms with Gasteiger partial charge in [-0.2, -0.15) is 0 Å².